The van der Waals surface area contributed by atoms with Crippen LogP contribution < -0.4 is 10.1 Å². The number of aliphatic imine (C=N–C) groups is 1. The summed E-state index contributed by atoms with van der Waals surface area (Å²) in [6, 6.07) is 16.2. The lowest BCUT2D eigenvalue weighted by Gasteiger charge is -2.09. The van der Waals surface area contributed by atoms with Crippen molar-refractivity contribution in [1.29, 1.82) is 0 Å². The molecule has 4 nitrogen and oxygen atoms in total. The van der Waals surface area contributed by atoms with E-state index in [1.807, 2.05) is 24.3 Å². The molecule has 2 aromatic rings. The van der Waals surface area contributed by atoms with Crippen LogP contribution in [0.25, 0.3) is 0 Å². The van der Waals surface area contributed by atoms with Gasteiger partial charge in [-0.05, 0) is 11.6 Å². The van der Waals surface area contributed by atoms with Gasteiger partial charge in [-0.25, -0.2) is 0 Å². The summed E-state index contributed by atoms with van der Waals surface area (Å²) in [4.78, 5) is 4.42. The van der Waals surface area contributed by atoms with Crippen LogP contribution in [-0.4, -0.2) is 26.0 Å². The molecule has 0 fully saturated rings. The summed E-state index contributed by atoms with van der Waals surface area (Å²) in [5, 5.41) is 3.27. The highest BCUT2D eigenvalue weighted by molar-refractivity contribution is 5.99. The number of hydrogen-bond donors (Lipinski definition) is 1. The van der Waals surface area contributed by atoms with E-state index < -0.39 is 0 Å². The van der Waals surface area contributed by atoms with E-state index in [0.29, 0.717) is 13.2 Å². The number of rotatable bonds is 6. The number of methoxy groups -OCH3 is 1. The smallest absolute Gasteiger partial charge is 0.128 e. The van der Waals surface area contributed by atoms with E-state index in [1.165, 1.54) is 0 Å². The SMILES string of the molecule is COc1ccccc1COCc1ccc(C2=NCCN2)cc1. The van der Waals surface area contributed by atoms with E-state index in [4.69, 9.17) is 9.47 Å². The Balaban J connectivity index is 1.55. The van der Waals surface area contributed by atoms with Gasteiger partial charge in [-0.2, -0.15) is 0 Å². The lowest BCUT2D eigenvalue weighted by atomic mass is 10.1. The maximum absolute atomic E-state index is 5.79. The summed E-state index contributed by atoms with van der Waals surface area (Å²) in [5.74, 6) is 1.85. The van der Waals surface area contributed by atoms with Crippen LogP contribution in [0.1, 0.15) is 16.7 Å². The lowest BCUT2D eigenvalue weighted by Crippen LogP contribution is -2.19. The molecule has 0 amide bonds. The second kappa shape index (κ2) is 7.09. The van der Waals surface area contributed by atoms with Crippen molar-refractivity contribution in [2.75, 3.05) is 20.2 Å². The molecular weight excluding hydrogens is 276 g/mol. The first kappa shape index (κ1) is 14.6. The predicted molar refractivity (Wildman–Crippen MR) is 87.3 cm³/mol. The summed E-state index contributed by atoms with van der Waals surface area (Å²) < 4.78 is 11.1. The van der Waals surface area contributed by atoms with Crippen LogP contribution >= 0.6 is 0 Å². The first-order valence-electron chi connectivity index (χ1n) is 7.44. The van der Waals surface area contributed by atoms with E-state index >= 15 is 0 Å². The molecular formula is C18H20N2O2. The second-order valence-electron chi connectivity index (χ2n) is 5.16. The molecule has 0 unspecified atom stereocenters. The fourth-order valence-corrected chi connectivity index (χ4v) is 2.45. The molecule has 0 saturated carbocycles. The maximum atomic E-state index is 5.79. The number of benzene rings is 2. The standard InChI is InChI=1S/C18H20N2O2/c1-21-17-5-3-2-4-16(17)13-22-12-14-6-8-15(9-7-14)18-19-10-11-20-18/h2-9H,10-13H2,1H3,(H,19,20). The molecule has 1 aliphatic rings. The van der Waals surface area contributed by atoms with Crippen LogP contribution in [0.3, 0.4) is 0 Å². The van der Waals surface area contributed by atoms with Crippen molar-refractivity contribution in [3.05, 3.63) is 65.2 Å². The molecule has 1 aliphatic heterocycles. The molecule has 2 aromatic carbocycles. The maximum Gasteiger partial charge on any atom is 0.128 e. The number of para-hydroxylation sites is 1. The van der Waals surface area contributed by atoms with E-state index in [1.54, 1.807) is 7.11 Å². The minimum Gasteiger partial charge on any atom is -0.496 e. The van der Waals surface area contributed by atoms with Crippen LogP contribution in [0.2, 0.25) is 0 Å². The van der Waals surface area contributed by atoms with E-state index in [-0.39, 0.29) is 0 Å². The Bertz CT molecular complexity index is 650. The van der Waals surface area contributed by atoms with Crippen molar-refractivity contribution in [1.82, 2.24) is 5.32 Å². The Hall–Kier alpha value is -2.33. The molecule has 0 bridgehead atoms. The third-order valence-corrected chi connectivity index (χ3v) is 3.62. The molecule has 114 valence electrons. The Morgan fingerprint density at radius 3 is 2.59 bits per heavy atom. The van der Waals surface area contributed by atoms with Gasteiger partial charge in [-0.15, -0.1) is 0 Å². The second-order valence-corrected chi connectivity index (χ2v) is 5.16. The van der Waals surface area contributed by atoms with E-state index in [2.05, 4.69) is 34.6 Å². The Kier molecular flexibility index (Phi) is 4.71. The Labute approximate surface area is 130 Å². The van der Waals surface area contributed by atoms with Crippen molar-refractivity contribution in [2.45, 2.75) is 13.2 Å². The van der Waals surface area contributed by atoms with Gasteiger partial charge in [0, 0.05) is 17.7 Å². The van der Waals surface area contributed by atoms with Gasteiger partial charge in [0.2, 0.25) is 0 Å². The third kappa shape index (κ3) is 3.46. The summed E-state index contributed by atoms with van der Waals surface area (Å²) in [5.41, 5.74) is 3.34. The normalized spacial score (nSPS) is 13.6. The van der Waals surface area contributed by atoms with Gasteiger partial charge < -0.3 is 14.8 Å². The van der Waals surface area contributed by atoms with Gasteiger partial charge in [0.15, 0.2) is 0 Å². The Morgan fingerprint density at radius 2 is 1.86 bits per heavy atom. The monoisotopic (exact) mass is 296 g/mol. The van der Waals surface area contributed by atoms with Crippen molar-refractivity contribution < 1.29 is 9.47 Å². The fraction of sp³-hybridized carbons (Fsp3) is 0.278. The highest BCUT2D eigenvalue weighted by Crippen LogP contribution is 2.18. The highest BCUT2D eigenvalue weighted by Gasteiger charge is 2.07. The molecule has 1 heterocycles. The highest BCUT2D eigenvalue weighted by atomic mass is 16.5. The van der Waals surface area contributed by atoms with Crippen molar-refractivity contribution in [3.8, 4) is 5.75 Å². The third-order valence-electron chi connectivity index (χ3n) is 3.62. The minimum atomic E-state index is 0.542. The zero-order valence-corrected chi connectivity index (χ0v) is 12.7. The fourth-order valence-electron chi connectivity index (χ4n) is 2.45. The molecule has 0 spiro atoms. The van der Waals surface area contributed by atoms with Gasteiger partial charge in [-0.3, -0.25) is 4.99 Å². The number of hydrogen-bond acceptors (Lipinski definition) is 4. The van der Waals surface area contributed by atoms with E-state index in [9.17, 15) is 0 Å². The summed E-state index contributed by atoms with van der Waals surface area (Å²) >= 11 is 0. The largest absolute Gasteiger partial charge is 0.496 e. The molecule has 0 radical (unpaired) electrons. The average molecular weight is 296 g/mol. The molecule has 22 heavy (non-hydrogen) atoms. The summed E-state index contributed by atoms with van der Waals surface area (Å²) in [7, 11) is 1.68. The van der Waals surface area contributed by atoms with Crippen molar-refractivity contribution in [3.63, 3.8) is 0 Å². The van der Waals surface area contributed by atoms with Crippen LogP contribution in [0.15, 0.2) is 53.5 Å². The molecule has 1 N–H and O–H groups in total. The molecule has 0 aromatic heterocycles. The minimum absolute atomic E-state index is 0.542. The van der Waals surface area contributed by atoms with Crippen molar-refractivity contribution >= 4 is 5.84 Å². The number of ether oxygens (including phenoxy) is 2. The van der Waals surface area contributed by atoms with E-state index in [0.717, 1.165) is 41.4 Å². The first-order valence-corrected chi connectivity index (χ1v) is 7.44. The van der Waals surface area contributed by atoms with Gasteiger partial charge in [-0.1, -0.05) is 42.5 Å². The summed E-state index contributed by atoms with van der Waals surface area (Å²) in [6.45, 7) is 2.91. The van der Waals surface area contributed by atoms with Gasteiger partial charge in [0.1, 0.15) is 11.6 Å². The molecule has 0 atom stereocenters. The molecule has 0 saturated heterocycles. The zero-order valence-electron chi connectivity index (χ0n) is 12.7. The summed E-state index contributed by atoms with van der Waals surface area (Å²) in [6.07, 6.45) is 0. The van der Waals surface area contributed by atoms with Gasteiger partial charge in [0.25, 0.3) is 0 Å². The van der Waals surface area contributed by atoms with Crippen LogP contribution in [-0.2, 0) is 18.0 Å². The zero-order chi connectivity index (χ0) is 15.2. The molecule has 4 heteroatoms. The van der Waals surface area contributed by atoms with Crippen molar-refractivity contribution in [2.24, 2.45) is 4.99 Å². The lowest BCUT2D eigenvalue weighted by molar-refractivity contribution is 0.105. The van der Waals surface area contributed by atoms with Crippen LogP contribution in [0.4, 0.5) is 0 Å². The van der Waals surface area contributed by atoms with Gasteiger partial charge in [0.05, 0.1) is 26.9 Å². The first-order chi connectivity index (χ1) is 10.9. The van der Waals surface area contributed by atoms with Crippen LogP contribution in [0.5, 0.6) is 5.75 Å². The number of nitrogens with zero attached hydrogens (tertiary/aromatic N) is 1. The quantitative estimate of drug-likeness (QED) is 0.891. The molecule has 3 rings (SSSR count). The molecule has 0 aliphatic carbocycles. The predicted octanol–water partition coefficient (Wildman–Crippen LogP) is 2.76. The average Bonchev–Trinajstić information content (AvgIpc) is 3.10. The topological polar surface area (TPSA) is 42.9 Å². The number of amidine groups is 1. The number of nitrogens with one attached hydrogen (secondary N) is 1. The van der Waals surface area contributed by atoms with Gasteiger partial charge >= 0.3 is 0 Å². The Morgan fingerprint density at radius 1 is 1.05 bits per heavy atom. The van der Waals surface area contributed by atoms with Crippen LogP contribution in [0, 0.1) is 0 Å².